The highest BCUT2D eigenvalue weighted by Crippen LogP contribution is 2.24. The molecule has 4 rings (SSSR count). The summed E-state index contributed by atoms with van der Waals surface area (Å²) in [5.41, 5.74) is 9.35. The van der Waals surface area contributed by atoms with Crippen LogP contribution in [0.4, 0.5) is 17.8 Å². The van der Waals surface area contributed by atoms with Crippen molar-refractivity contribution in [2.75, 3.05) is 62.0 Å². The third-order valence-corrected chi connectivity index (χ3v) is 7.31. The minimum absolute atomic E-state index is 0.141. The second-order valence-electron chi connectivity index (χ2n) is 10.9. The topological polar surface area (TPSA) is 148 Å². The second-order valence-corrected chi connectivity index (χ2v) is 10.9. The number of nitrogens with zero attached hydrogens (tertiary/aromatic N) is 3. The van der Waals surface area contributed by atoms with Gasteiger partial charge in [0.25, 0.3) is 5.91 Å². The zero-order chi connectivity index (χ0) is 30.1. The fourth-order valence-electron chi connectivity index (χ4n) is 4.83. The number of carbonyl (C=O) groups is 1. The molecule has 2 aromatic carbocycles. The Labute approximate surface area is 254 Å². The van der Waals surface area contributed by atoms with Gasteiger partial charge >= 0.3 is 0 Å². The molecule has 1 aromatic heterocycles. The van der Waals surface area contributed by atoms with Crippen molar-refractivity contribution in [2.24, 2.45) is 11.7 Å². The SMILES string of the molecule is Cc1ccc(CNc2nc(NCc3ccc(C(=O)NCCOCCOCCN)cc3)nc(NCC3CCCCC3)n2)cc1. The summed E-state index contributed by atoms with van der Waals surface area (Å²) in [4.78, 5) is 26.4. The number of anilines is 3. The summed E-state index contributed by atoms with van der Waals surface area (Å²) in [5, 5.41) is 13.0. The van der Waals surface area contributed by atoms with Crippen LogP contribution >= 0.6 is 0 Å². The maximum atomic E-state index is 12.5. The van der Waals surface area contributed by atoms with Gasteiger partial charge in [-0.25, -0.2) is 0 Å². The Balaban J connectivity index is 1.29. The molecule has 0 radical (unpaired) electrons. The second kappa shape index (κ2) is 18.0. The summed E-state index contributed by atoms with van der Waals surface area (Å²) in [6.45, 7) is 6.89. The van der Waals surface area contributed by atoms with Gasteiger partial charge in [-0.05, 0) is 48.9 Å². The van der Waals surface area contributed by atoms with Gasteiger partial charge in [-0.2, -0.15) is 15.0 Å². The lowest BCUT2D eigenvalue weighted by atomic mass is 9.89. The van der Waals surface area contributed by atoms with E-state index in [0.29, 0.717) is 81.9 Å². The molecule has 0 unspecified atom stereocenters. The molecule has 3 aromatic rings. The van der Waals surface area contributed by atoms with E-state index in [-0.39, 0.29) is 5.91 Å². The molecular formula is C32H46N8O3. The van der Waals surface area contributed by atoms with Crippen LogP contribution in [0.5, 0.6) is 0 Å². The van der Waals surface area contributed by atoms with E-state index >= 15 is 0 Å². The van der Waals surface area contributed by atoms with Gasteiger partial charge < -0.3 is 36.5 Å². The van der Waals surface area contributed by atoms with Crippen LogP contribution in [0.3, 0.4) is 0 Å². The molecule has 1 saturated carbocycles. The molecule has 0 bridgehead atoms. The van der Waals surface area contributed by atoms with Crippen LogP contribution in [0, 0.1) is 12.8 Å². The highest BCUT2D eigenvalue weighted by molar-refractivity contribution is 5.94. The Morgan fingerprint density at radius 3 is 1.93 bits per heavy atom. The number of rotatable bonds is 18. The van der Waals surface area contributed by atoms with E-state index in [2.05, 4.69) is 67.4 Å². The fraction of sp³-hybridized carbons (Fsp3) is 0.500. The number of hydrogen-bond acceptors (Lipinski definition) is 10. The molecule has 6 N–H and O–H groups in total. The zero-order valence-electron chi connectivity index (χ0n) is 25.2. The smallest absolute Gasteiger partial charge is 0.251 e. The van der Waals surface area contributed by atoms with Crippen LogP contribution < -0.4 is 27.0 Å². The lowest BCUT2D eigenvalue weighted by molar-refractivity contribution is 0.0511. The lowest BCUT2D eigenvalue weighted by Crippen LogP contribution is -2.27. The van der Waals surface area contributed by atoms with Crippen LogP contribution in [0.25, 0.3) is 0 Å². The number of benzene rings is 2. The first-order chi connectivity index (χ1) is 21.1. The van der Waals surface area contributed by atoms with Crippen LogP contribution in [0.2, 0.25) is 0 Å². The number of nitrogens with one attached hydrogen (secondary N) is 4. The normalized spacial score (nSPS) is 13.4. The maximum absolute atomic E-state index is 12.5. The van der Waals surface area contributed by atoms with Crippen molar-refractivity contribution in [1.29, 1.82) is 0 Å². The third-order valence-electron chi connectivity index (χ3n) is 7.31. The average Bonchev–Trinajstić information content (AvgIpc) is 3.04. The number of ether oxygens (including phenoxy) is 2. The summed E-state index contributed by atoms with van der Waals surface area (Å²) in [7, 11) is 0. The van der Waals surface area contributed by atoms with Gasteiger partial charge in [0.1, 0.15) is 0 Å². The number of aryl methyl sites for hydroxylation is 1. The first-order valence-electron chi connectivity index (χ1n) is 15.3. The molecule has 1 aliphatic rings. The minimum atomic E-state index is -0.141. The van der Waals surface area contributed by atoms with Gasteiger partial charge in [-0.15, -0.1) is 0 Å². The van der Waals surface area contributed by atoms with Crippen molar-refractivity contribution in [2.45, 2.75) is 52.1 Å². The fourth-order valence-corrected chi connectivity index (χ4v) is 4.83. The van der Waals surface area contributed by atoms with Crippen LogP contribution in [-0.4, -0.2) is 66.9 Å². The third kappa shape index (κ3) is 11.8. The first-order valence-corrected chi connectivity index (χ1v) is 15.3. The number of aromatic nitrogens is 3. The highest BCUT2D eigenvalue weighted by Gasteiger charge is 2.15. The predicted molar refractivity (Wildman–Crippen MR) is 170 cm³/mol. The standard InChI is InChI=1S/C32H46N8O3/c1-24-7-9-26(10-8-24)22-36-31-38-30(35-21-25-5-3-2-4-6-25)39-32(40-31)37-23-27-11-13-28(14-12-27)29(41)34-16-18-43-20-19-42-17-15-33/h7-14,25H,2-6,15-23,33H2,1H3,(H,34,41)(H3,35,36,37,38,39,40). The molecule has 43 heavy (non-hydrogen) atoms. The lowest BCUT2D eigenvalue weighted by Gasteiger charge is -2.21. The minimum Gasteiger partial charge on any atom is -0.378 e. The van der Waals surface area contributed by atoms with Crippen molar-refractivity contribution in [1.82, 2.24) is 20.3 Å². The van der Waals surface area contributed by atoms with E-state index in [1.807, 2.05) is 24.3 Å². The van der Waals surface area contributed by atoms with Crippen LogP contribution in [0.1, 0.15) is 59.2 Å². The molecule has 1 fully saturated rings. The molecule has 0 spiro atoms. The van der Waals surface area contributed by atoms with E-state index in [9.17, 15) is 4.79 Å². The molecule has 1 heterocycles. The summed E-state index contributed by atoms with van der Waals surface area (Å²) in [6, 6.07) is 15.9. The summed E-state index contributed by atoms with van der Waals surface area (Å²) >= 11 is 0. The quantitative estimate of drug-likeness (QED) is 0.137. The predicted octanol–water partition coefficient (Wildman–Crippen LogP) is 4.12. The van der Waals surface area contributed by atoms with Crippen molar-refractivity contribution >= 4 is 23.8 Å². The number of amides is 1. The Kier molecular flexibility index (Phi) is 13.4. The molecule has 0 saturated heterocycles. The molecule has 11 heteroatoms. The van der Waals surface area contributed by atoms with Crippen LogP contribution in [-0.2, 0) is 22.6 Å². The molecule has 0 atom stereocenters. The Morgan fingerprint density at radius 1 is 0.767 bits per heavy atom. The first kappa shape index (κ1) is 32.1. The number of hydrogen-bond donors (Lipinski definition) is 5. The Morgan fingerprint density at radius 2 is 1.33 bits per heavy atom. The Bertz CT molecular complexity index is 1230. The van der Waals surface area contributed by atoms with Crippen molar-refractivity contribution < 1.29 is 14.3 Å². The van der Waals surface area contributed by atoms with Gasteiger partial charge in [0.05, 0.1) is 26.4 Å². The van der Waals surface area contributed by atoms with Gasteiger partial charge in [0, 0.05) is 38.3 Å². The van der Waals surface area contributed by atoms with Gasteiger partial charge in [-0.3, -0.25) is 4.79 Å². The number of carbonyl (C=O) groups excluding carboxylic acids is 1. The molecule has 11 nitrogen and oxygen atoms in total. The zero-order valence-corrected chi connectivity index (χ0v) is 25.2. The van der Waals surface area contributed by atoms with Crippen LogP contribution in [0.15, 0.2) is 48.5 Å². The maximum Gasteiger partial charge on any atom is 0.251 e. The van der Waals surface area contributed by atoms with E-state index in [1.54, 1.807) is 0 Å². The molecule has 0 aliphatic heterocycles. The summed E-state index contributed by atoms with van der Waals surface area (Å²) in [6.07, 6.45) is 6.40. The van der Waals surface area contributed by atoms with Crippen molar-refractivity contribution in [3.05, 3.63) is 70.8 Å². The largest absolute Gasteiger partial charge is 0.378 e. The van der Waals surface area contributed by atoms with E-state index < -0.39 is 0 Å². The molecule has 1 aliphatic carbocycles. The van der Waals surface area contributed by atoms with E-state index in [0.717, 1.165) is 17.7 Å². The number of nitrogens with two attached hydrogens (primary N) is 1. The van der Waals surface area contributed by atoms with Gasteiger partial charge in [-0.1, -0.05) is 61.2 Å². The molecule has 232 valence electrons. The summed E-state index contributed by atoms with van der Waals surface area (Å²) in [5.74, 6) is 2.08. The average molecular weight is 591 g/mol. The van der Waals surface area contributed by atoms with Gasteiger partial charge in [0.15, 0.2) is 0 Å². The van der Waals surface area contributed by atoms with Crippen molar-refractivity contribution in [3.63, 3.8) is 0 Å². The van der Waals surface area contributed by atoms with Gasteiger partial charge in [0.2, 0.25) is 17.8 Å². The Hall–Kier alpha value is -3.80. The highest BCUT2D eigenvalue weighted by atomic mass is 16.5. The van der Waals surface area contributed by atoms with Crippen molar-refractivity contribution in [3.8, 4) is 0 Å². The summed E-state index contributed by atoms with van der Waals surface area (Å²) < 4.78 is 10.7. The molecular weight excluding hydrogens is 544 g/mol. The molecule has 1 amide bonds. The van der Waals surface area contributed by atoms with E-state index in [4.69, 9.17) is 15.2 Å². The van der Waals surface area contributed by atoms with E-state index in [1.165, 1.54) is 37.7 Å². The monoisotopic (exact) mass is 590 g/mol.